The van der Waals surface area contributed by atoms with E-state index >= 15 is 0 Å². The van der Waals surface area contributed by atoms with Crippen LogP contribution in [-0.4, -0.2) is 45.2 Å². The highest BCUT2D eigenvalue weighted by molar-refractivity contribution is 8.18. The molecule has 0 bridgehead atoms. The fraction of sp³-hybridized carbons (Fsp3) is 0.222. The van der Waals surface area contributed by atoms with E-state index in [-0.39, 0.29) is 5.91 Å². The zero-order valence-corrected chi connectivity index (χ0v) is 16.5. The van der Waals surface area contributed by atoms with Gasteiger partial charge < -0.3 is 9.84 Å². The summed E-state index contributed by atoms with van der Waals surface area (Å²) < 4.78 is 5.49. The molecule has 0 radical (unpaired) electrons. The number of hydrogen-bond acceptors (Lipinski definition) is 7. The fourth-order valence-electron chi connectivity index (χ4n) is 2.22. The number of carboxylic acids is 1. The molecule has 1 saturated heterocycles. The predicted molar refractivity (Wildman–Crippen MR) is 106 cm³/mol. The minimum absolute atomic E-state index is 0.187. The quantitative estimate of drug-likeness (QED) is 0.768. The van der Waals surface area contributed by atoms with E-state index in [1.54, 1.807) is 37.4 Å². The van der Waals surface area contributed by atoms with E-state index in [1.807, 2.05) is 12.3 Å². The molecule has 1 atom stereocenters. The molecule has 27 heavy (non-hydrogen) atoms. The molecule has 140 valence electrons. The van der Waals surface area contributed by atoms with Crippen LogP contribution in [0.3, 0.4) is 0 Å². The summed E-state index contributed by atoms with van der Waals surface area (Å²) in [6, 6.07) is 6.99. The maximum absolute atomic E-state index is 12.6. The number of likely N-dealkylation sites (N-methyl/N-ethyl adjacent to an activating group) is 1. The highest BCUT2D eigenvalue weighted by Crippen LogP contribution is 2.35. The van der Waals surface area contributed by atoms with Gasteiger partial charge in [-0.1, -0.05) is 18.2 Å². The van der Waals surface area contributed by atoms with Crippen LogP contribution in [-0.2, 0) is 9.59 Å². The van der Waals surface area contributed by atoms with Crippen LogP contribution in [0.4, 0.5) is 5.13 Å². The SMILES string of the molecule is Cc1csc(/N=C2/S/C(=C/c3ccccc3OC(C)C(=O)O)C(=O)N2C)n1. The molecular formula is C18H17N3O4S2. The molecule has 9 heteroatoms. The van der Waals surface area contributed by atoms with Crippen molar-refractivity contribution in [3.8, 4) is 5.75 Å². The highest BCUT2D eigenvalue weighted by atomic mass is 32.2. The van der Waals surface area contributed by atoms with Crippen LogP contribution < -0.4 is 4.74 Å². The lowest BCUT2D eigenvalue weighted by molar-refractivity contribution is -0.144. The summed E-state index contributed by atoms with van der Waals surface area (Å²) in [4.78, 5) is 34.3. The summed E-state index contributed by atoms with van der Waals surface area (Å²) >= 11 is 2.65. The van der Waals surface area contributed by atoms with Crippen molar-refractivity contribution >= 4 is 51.4 Å². The second kappa shape index (κ2) is 7.93. The number of thioether (sulfide) groups is 1. The van der Waals surface area contributed by atoms with Crippen molar-refractivity contribution in [2.24, 2.45) is 4.99 Å². The number of aryl methyl sites for hydroxylation is 1. The Morgan fingerprint density at radius 1 is 1.41 bits per heavy atom. The van der Waals surface area contributed by atoms with Crippen LogP contribution in [0.1, 0.15) is 18.2 Å². The molecule has 1 aromatic carbocycles. The van der Waals surface area contributed by atoms with Gasteiger partial charge in [0.1, 0.15) is 5.75 Å². The number of carboxylic acid groups (broad SMARTS) is 1. The van der Waals surface area contributed by atoms with Gasteiger partial charge in [-0.25, -0.2) is 9.78 Å². The Bertz CT molecular complexity index is 952. The third-order valence-corrected chi connectivity index (χ3v) is 5.57. The third kappa shape index (κ3) is 4.37. The van der Waals surface area contributed by atoms with Crippen molar-refractivity contribution in [3.63, 3.8) is 0 Å². The van der Waals surface area contributed by atoms with E-state index in [2.05, 4.69) is 9.98 Å². The molecule has 1 amide bonds. The number of para-hydroxylation sites is 1. The predicted octanol–water partition coefficient (Wildman–Crippen LogP) is 3.54. The smallest absolute Gasteiger partial charge is 0.344 e. The highest BCUT2D eigenvalue weighted by Gasteiger charge is 2.31. The third-order valence-electron chi connectivity index (χ3n) is 3.66. The van der Waals surface area contributed by atoms with E-state index in [0.29, 0.717) is 26.5 Å². The van der Waals surface area contributed by atoms with E-state index in [1.165, 1.54) is 34.9 Å². The van der Waals surface area contributed by atoms with Gasteiger partial charge in [0, 0.05) is 18.0 Å². The van der Waals surface area contributed by atoms with Crippen LogP contribution in [0.25, 0.3) is 6.08 Å². The van der Waals surface area contributed by atoms with Gasteiger partial charge in [-0.3, -0.25) is 9.69 Å². The van der Waals surface area contributed by atoms with E-state index < -0.39 is 12.1 Å². The topological polar surface area (TPSA) is 92.1 Å². The molecule has 0 spiro atoms. The molecular weight excluding hydrogens is 386 g/mol. The van der Waals surface area contributed by atoms with E-state index in [0.717, 1.165) is 5.69 Å². The molecule has 7 nitrogen and oxygen atoms in total. The fourth-order valence-corrected chi connectivity index (χ4v) is 3.90. The molecule has 0 saturated carbocycles. The number of nitrogens with zero attached hydrogens (tertiary/aromatic N) is 3. The summed E-state index contributed by atoms with van der Waals surface area (Å²) in [5.41, 5.74) is 1.51. The van der Waals surface area contributed by atoms with Gasteiger partial charge in [-0.05, 0) is 37.8 Å². The van der Waals surface area contributed by atoms with Gasteiger partial charge in [-0.15, -0.1) is 11.3 Å². The molecule has 3 rings (SSSR count). The Kier molecular flexibility index (Phi) is 5.62. The van der Waals surface area contributed by atoms with Crippen molar-refractivity contribution < 1.29 is 19.4 Å². The summed E-state index contributed by atoms with van der Waals surface area (Å²) in [5, 5.41) is 12.1. The number of carbonyl (C=O) groups is 2. The number of rotatable bonds is 5. The monoisotopic (exact) mass is 403 g/mol. The number of amidine groups is 1. The summed E-state index contributed by atoms with van der Waals surface area (Å²) in [6.07, 6.45) is 0.688. The molecule has 0 aliphatic carbocycles. The Balaban J connectivity index is 1.88. The minimum Gasteiger partial charge on any atom is -0.479 e. The van der Waals surface area contributed by atoms with Crippen molar-refractivity contribution in [2.45, 2.75) is 20.0 Å². The molecule has 1 aromatic heterocycles. The van der Waals surface area contributed by atoms with Crippen LogP contribution in [0, 0.1) is 6.92 Å². The molecule has 1 aliphatic heterocycles. The van der Waals surface area contributed by atoms with Crippen molar-refractivity contribution in [2.75, 3.05) is 7.05 Å². The second-order valence-electron chi connectivity index (χ2n) is 5.78. The first kappa shape index (κ1) is 19.1. The number of thiazole rings is 1. The number of aromatic nitrogens is 1. The lowest BCUT2D eigenvalue weighted by Crippen LogP contribution is -2.24. The molecule has 2 heterocycles. The summed E-state index contributed by atoms with van der Waals surface area (Å²) in [7, 11) is 1.66. The van der Waals surface area contributed by atoms with Crippen LogP contribution >= 0.6 is 23.1 Å². The standard InChI is InChI=1S/C18H17N3O4S2/c1-10-9-26-17(19-10)20-18-21(3)15(22)14(27-18)8-12-6-4-5-7-13(12)25-11(2)16(23)24/h4-9,11H,1-3H3,(H,23,24)/b14-8+,20-18+. The van der Waals surface area contributed by atoms with E-state index in [9.17, 15) is 9.59 Å². The first-order chi connectivity index (χ1) is 12.8. The molecule has 2 aromatic rings. The molecule has 1 fully saturated rings. The lowest BCUT2D eigenvalue weighted by atomic mass is 10.2. The minimum atomic E-state index is -1.06. The number of aliphatic carboxylic acids is 1. The molecule has 1 unspecified atom stereocenters. The number of carbonyl (C=O) groups excluding carboxylic acids is 1. The zero-order valence-electron chi connectivity index (χ0n) is 14.9. The van der Waals surface area contributed by atoms with Crippen LogP contribution in [0.2, 0.25) is 0 Å². The number of ether oxygens (including phenoxy) is 1. The second-order valence-corrected chi connectivity index (χ2v) is 7.62. The van der Waals surface area contributed by atoms with E-state index in [4.69, 9.17) is 9.84 Å². The zero-order chi connectivity index (χ0) is 19.6. The van der Waals surface area contributed by atoms with Gasteiger partial charge in [0.2, 0.25) is 5.13 Å². The van der Waals surface area contributed by atoms with Gasteiger partial charge in [0.05, 0.1) is 10.6 Å². The normalized spacial score (nSPS) is 18.3. The first-order valence-corrected chi connectivity index (χ1v) is 9.71. The lowest BCUT2D eigenvalue weighted by Gasteiger charge is -2.12. The van der Waals surface area contributed by atoms with Crippen molar-refractivity contribution in [1.82, 2.24) is 9.88 Å². The molecule has 1 aliphatic rings. The Morgan fingerprint density at radius 2 is 2.15 bits per heavy atom. The Morgan fingerprint density at radius 3 is 2.81 bits per heavy atom. The van der Waals surface area contributed by atoms with Gasteiger partial charge in [-0.2, -0.15) is 4.99 Å². The summed E-state index contributed by atoms with van der Waals surface area (Å²) in [6.45, 7) is 3.34. The van der Waals surface area contributed by atoms with Gasteiger partial charge in [0.15, 0.2) is 11.3 Å². The maximum Gasteiger partial charge on any atom is 0.344 e. The van der Waals surface area contributed by atoms with Crippen LogP contribution in [0.15, 0.2) is 39.5 Å². The number of benzene rings is 1. The number of aliphatic imine (C=N–C) groups is 1. The largest absolute Gasteiger partial charge is 0.479 e. The maximum atomic E-state index is 12.6. The Hall–Kier alpha value is -2.65. The Labute approximate surface area is 164 Å². The molecule has 1 N–H and O–H groups in total. The number of hydrogen-bond donors (Lipinski definition) is 1. The number of amides is 1. The van der Waals surface area contributed by atoms with Gasteiger partial charge >= 0.3 is 5.97 Å². The van der Waals surface area contributed by atoms with Gasteiger partial charge in [0.25, 0.3) is 5.91 Å². The average Bonchev–Trinajstić information content (AvgIpc) is 3.15. The van der Waals surface area contributed by atoms with Crippen LogP contribution in [0.5, 0.6) is 5.75 Å². The average molecular weight is 403 g/mol. The summed E-state index contributed by atoms with van der Waals surface area (Å²) in [5.74, 6) is -0.846. The van der Waals surface area contributed by atoms with Crippen molar-refractivity contribution in [3.05, 3.63) is 45.8 Å². The first-order valence-electron chi connectivity index (χ1n) is 8.02. The van der Waals surface area contributed by atoms with Crippen molar-refractivity contribution in [1.29, 1.82) is 0 Å².